The standard InChI is InChI=1S/C15H16Cl2N2O3/c16-11-5-10-6-12(22-15(10)13(17)7-11)8-18-1-3-19(4-2-18)14(21)9-20/h5-7,20H,1-4,8-9H2. The summed E-state index contributed by atoms with van der Waals surface area (Å²) in [6.45, 7) is 2.96. The predicted molar refractivity (Wildman–Crippen MR) is 85.2 cm³/mol. The van der Waals surface area contributed by atoms with E-state index in [0.717, 1.165) is 24.2 Å². The Hall–Kier alpha value is -1.27. The SMILES string of the molecule is O=C(CO)N1CCN(Cc2cc3cc(Cl)cc(Cl)c3o2)CC1. The molecule has 0 aliphatic carbocycles. The number of carbonyl (C=O) groups excluding carboxylic acids is 1. The Morgan fingerprint density at radius 1 is 1.18 bits per heavy atom. The van der Waals surface area contributed by atoms with Crippen LogP contribution in [0.25, 0.3) is 11.0 Å². The van der Waals surface area contributed by atoms with Crippen molar-refractivity contribution in [3.8, 4) is 0 Å². The number of amides is 1. The Morgan fingerprint density at radius 3 is 2.59 bits per heavy atom. The predicted octanol–water partition coefficient (Wildman–Crippen LogP) is 2.38. The largest absolute Gasteiger partial charge is 0.458 e. The van der Waals surface area contributed by atoms with Crippen molar-refractivity contribution < 1.29 is 14.3 Å². The molecule has 3 rings (SSSR count). The summed E-state index contributed by atoms with van der Waals surface area (Å²) in [4.78, 5) is 15.3. The summed E-state index contributed by atoms with van der Waals surface area (Å²) in [5.41, 5.74) is 0.648. The van der Waals surface area contributed by atoms with Gasteiger partial charge >= 0.3 is 0 Å². The number of nitrogens with zero attached hydrogens (tertiary/aromatic N) is 2. The quantitative estimate of drug-likeness (QED) is 0.930. The van der Waals surface area contributed by atoms with E-state index in [4.69, 9.17) is 32.7 Å². The topological polar surface area (TPSA) is 56.9 Å². The molecule has 0 radical (unpaired) electrons. The minimum atomic E-state index is -0.428. The molecule has 1 aliphatic rings. The number of rotatable bonds is 3. The number of aliphatic hydroxyl groups excluding tert-OH is 1. The number of piperazine rings is 1. The molecule has 5 nitrogen and oxygen atoms in total. The zero-order chi connectivity index (χ0) is 15.7. The van der Waals surface area contributed by atoms with Crippen LogP contribution in [-0.2, 0) is 11.3 Å². The van der Waals surface area contributed by atoms with Gasteiger partial charge in [0.15, 0.2) is 5.58 Å². The summed E-state index contributed by atoms with van der Waals surface area (Å²) in [6.07, 6.45) is 0. The highest BCUT2D eigenvalue weighted by molar-refractivity contribution is 6.38. The van der Waals surface area contributed by atoms with Gasteiger partial charge in [0.1, 0.15) is 12.4 Å². The van der Waals surface area contributed by atoms with Crippen LogP contribution in [0.15, 0.2) is 22.6 Å². The van der Waals surface area contributed by atoms with Crippen LogP contribution in [0.5, 0.6) is 0 Å². The summed E-state index contributed by atoms with van der Waals surface area (Å²) in [6, 6.07) is 5.43. The van der Waals surface area contributed by atoms with Gasteiger partial charge in [-0.15, -0.1) is 0 Å². The number of hydrogen-bond acceptors (Lipinski definition) is 4. The molecule has 1 fully saturated rings. The maximum Gasteiger partial charge on any atom is 0.248 e. The van der Waals surface area contributed by atoms with Gasteiger partial charge in [-0.3, -0.25) is 9.69 Å². The van der Waals surface area contributed by atoms with Crippen LogP contribution in [0.2, 0.25) is 10.0 Å². The normalized spacial score (nSPS) is 16.4. The highest BCUT2D eigenvalue weighted by atomic mass is 35.5. The average Bonchev–Trinajstić information content (AvgIpc) is 2.90. The van der Waals surface area contributed by atoms with Crippen molar-refractivity contribution in [2.24, 2.45) is 0 Å². The van der Waals surface area contributed by atoms with E-state index in [0.29, 0.717) is 35.3 Å². The highest BCUT2D eigenvalue weighted by Crippen LogP contribution is 2.31. The lowest BCUT2D eigenvalue weighted by Gasteiger charge is -2.33. The van der Waals surface area contributed by atoms with Gasteiger partial charge in [0.2, 0.25) is 5.91 Å². The van der Waals surface area contributed by atoms with E-state index in [2.05, 4.69) is 4.90 Å². The number of hydrogen-bond donors (Lipinski definition) is 1. The van der Waals surface area contributed by atoms with Gasteiger partial charge in [0.25, 0.3) is 0 Å². The summed E-state index contributed by atoms with van der Waals surface area (Å²) in [5, 5.41) is 10.9. The van der Waals surface area contributed by atoms with Crippen molar-refractivity contribution in [1.29, 1.82) is 0 Å². The third kappa shape index (κ3) is 3.22. The smallest absolute Gasteiger partial charge is 0.248 e. The fourth-order valence-corrected chi connectivity index (χ4v) is 3.23. The molecular weight excluding hydrogens is 327 g/mol. The lowest BCUT2D eigenvalue weighted by Crippen LogP contribution is -2.49. The molecule has 0 atom stereocenters. The second kappa shape index (κ2) is 6.46. The molecule has 0 unspecified atom stereocenters. The van der Waals surface area contributed by atoms with Gasteiger partial charge < -0.3 is 14.4 Å². The highest BCUT2D eigenvalue weighted by Gasteiger charge is 2.21. The zero-order valence-corrected chi connectivity index (χ0v) is 13.4. The van der Waals surface area contributed by atoms with Crippen LogP contribution in [0.4, 0.5) is 0 Å². The van der Waals surface area contributed by atoms with Crippen LogP contribution in [0, 0.1) is 0 Å². The molecule has 1 aromatic heterocycles. The molecule has 1 amide bonds. The second-order valence-electron chi connectivity index (χ2n) is 5.33. The Morgan fingerprint density at radius 2 is 1.91 bits per heavy atom. The lowest BCUT2D eigenvalue weighted by atomic mass is 10.2. The maximum absolute atomic E-state index is 11.4. The molecule has 7 heteroatoms. The summed E-state index contributed by atoms with van der Waals surface area (Å²) in [5.74, 6) is 0.603. The fraction of sp³-hybridized carbons (Fsp3) is 0.400. The van der Waals surface area contributed by atoms with Crippen molar-refractivity contribution in [3.63, 3.8) is 0 Å². The Balaban J connectivity index is 1.67. The van der Waals surface area contributed by atoms with E-state index < -0.39 is 6.61 Å². The molecule has 1 aliphatic heterocycles. The molecule has 22 heavy (non-hydrogen) atoms. The molecule has 118 valence electrons. The van der Waals surface area contributed by atoms with E-state index in [1.807, 2.05) is 12.1 Å². The first-order valence-electron chi connectivity index (χ1n) is 7.05. The van der Waals surface area contributed by atoms with E-state index in [1.165, 1.54) is 0 Å². The van der Waals surface area contributed by atoms with Crippen LogP contribution >= 0.6 is 23.2 Å². The molecule has 1 aromatic carbocycles. The lowest BCUT2D eigenvalue weighted by molar-refractivity contribution is -0.136. The van der Waals surface area contributed by atoms with E-state index in [-0.39, 0.29) is 5.91 Å². The number of aliphatic hydroxyl groups is 1. The Kier molecular flexibility index (Phi) is 4.59. The Bertz CT molecular complexity index is 693. The Labute approximate surface area is 138 Å². The van der Waals surface area contributed by atoms with Gasteiger partial charge in [-0.2, -0.15) is 0 Å². The van der Waals surface area contributed by atoms with Crippen LogP contribution in [0.1, 0.15) is 5.76 Å². The maximum atomic E-state index is 11.4. The van der Waals surface area contributed by atoms with Gasteiger partial charge in [-0.05, 0) is 18.2 Å². The second-order valence-corrected chi connectivity index (χ2v) is 6.18. The third-order valence-electron chi connectivity index (χ3n) is 3.83. The molecule has 0 bridgehead atoms. The monoisotopic (exact) mass is 342 g/mol. The van der Waals surface area contributed by atoms with Crippen LogP contribution < -0.4 is 0 Å². The summed E-state index contributed by atoms with van der Waals surface area (Å²) >= 11 is 12.1. The van der Waals surface area contributed by atoms with Gasteiger partial charge in [0, 0.05) is 36.6 Å². The first-order chi connectivity index (χ1) is 10.6. The minimum Gasteiger partial charge on any atom is -0.458 e. The first kappa shape index (κ1) is 15.6. The molecule has 2 heterocycles. The van der Waals surface area contributed by atoms with Gasteiger partial charge in [0.05, 0.1) is 11.6 Å². The number of furan rings is 1. The molecule has 0 spiro atoms. The van der Waals surface area contributed by atoms with E-state index in [9.17, 15) is 4.79 Å². The fourth-order valence-electron chi connectivity index (χ4n) is 2.68. The molecule has 2 aromatic rings. The number of halogens is 2. The molecule has 0 saturated carbocycles. The summed E-state index contributed by atoms with van der Waals surface area (Å²) in [7, 11) is 0. The van der Waals surface area contributed by atoms with E-state index >= 15 is 0 Å². The molecular formula is C15H16Cl2N2O3. The zero-order valence-electron chi connectivity index (χ0n) is 11.9. The third-order valence-corrected chi connectivity index (χ3v) is 4.33. The van der Waals surface area contributed by atoms with Crippen LogP contribution in [-0.4, -0.2) is 53.6 Å². The molecule has 1 N–H and O–H groups in total. The first-order valence-corrected chi connectivity index (χ1v) is 7.81. The van der Waals surface area contributed by atoms with Gasteiger partial charge in [-0.25, -0.2) is 0 Å². The summed E-state index contributed by atoms with van der Waals surface area (Å²) < 4.78 is 5.80. The number of carbonyl (C=O) groups is 1. The van der Waals surface area contributed by atoms with Crippen molar-refractivity contribution in [1.82, 2.24) is 9.80 Å². The number of benzene rings is 1. The van der Waals surface area contributed by atoms with Crippen molar-refractivity contribution in [3.05, 3.63) is 34.0 Å². The van der Waals surface area contributed by atoms with Crippen molar-refractivity contribution in [2.75, 3.05) is 32.8 Å². The van der Waals surface area contributed by atoms with E-state index in [1.54, 1.807) is 11.0 Å². The number of fused-ring (bicyclic) bond motifs is 1. The van der Waals surface area contributed by atoms with Crippen LogP contribution in [0.3, 0.4) is 0 Å². The van der Waals surface area contributed by atoms with Crippen molar-refractivity contribution >= 4 is 40.1 Å². The molecule has 1 saturated heterocycles. The average molecular weight is 343 g/mol. The minimum absolute atomic E-state index is 0.218. The van der Waals surface area contributed by atoms with Crippen molar-refractivity contribution in [2.45, 2.75) is 6.54 Å². The van der Waals surface area contributed by atoms with Gasteiger partial charge in [-0.1, -0.05) is 23.2 Å².